The molecule has 0 aliphatic heterocycles. The first kappa shape index (κ1) is 27.6. The molecule has 0 atom stereocenters. The van der Waals surface area contributed by atoms with Crippen LogP contribution in [0.15, 0.2) is 71.1 Å². The van der Waals surface area contributed by atoms with Crippen molar-refractivity contribution in [1.82, 2.24) is 4.98 Å². The van der Waals surface area contributed by atoms with Crippen LogP contribution in [0.2, 0.25) is 0 Å². The van der Waals surface area contributed by atoms with E-state index in [1.54, 1.807) is 42.5 Å². The topological polar surface area (TPSA) is 107 Å². The van der Waals surface area contributed by atoms with Gasteiger partial charge in [0.1, 0.15) is 33.5 Å². The molecule has 12 heteroatoms. The molecule has 0 spiro atoms. The number of hydrogen-bond acceptors (Lipinski definition) is 6. The molecule has 0 saturated heterocycles. The van der Waals surface area contributed by atoms with Gasteiger partial charge in [0.25, 0.3) is 11.8 Å². The molecular weight excluding hydrogens is 658 g/mol. The van der Waals surface area contributed by atoms with E-state index < -0.39 is 23.7 Å². The lowest BCUT2D eigenvalue weighted by Gasteiger charge is -2.12. The van der Waals surface area contributed by atoms with Gasteiger partial charge in [-0.1, -0.05) is 29.8 Å². The number of nitrogens with two attached hydrogens (primary N) is 1. The number of alkyl halides is 3. The van der Waals surface area contributed by atoms with Crippen molar-refractivity contribution in [2.75, 3.05) is 5.32 Å². The molecule has 2 aromatic carbocycles. The third kappa shape index (κ3) is 5.82. The van der Waals surface area contributed by atoms with Crippen LogP contribution in [0.4, 0.5) is 18.9 Å². The SMILES string of the molecule is Cc1ccc(-c2cc(C(F)(F)F)nc3sc(C(N)=O)c(NC(=O)c4ccc(COc5ccc(I)cc5)o4)c23)cc1. The van der Waals surface area contributed by atoms with Gasteiger partial charge >= 0.3 is 6.18 Å². The zero-order valence-corrected chi connectivity index (χ0v) is 23.6. The Morgan fingerprint density at radius 2 is 1.77 bits per heavy atom. The zero-order valence-electron chi connectivity index (χ0n) is 20.6. The molecule has 0 unspecified atom stereocenters. The summed E-state index contributed by atoms with van der Waals surface area (Å²) in [5.74, 6) is -0.753. The lowest BCUT2D eigenvalue weighted by molar-refractivity contribution is -0.140. The number of pyridine rings is 1. The predicted octanol–water partition coefficient (Wildman–Crippen LogP) is 7.42. The van der Waals surface area contributed by atoms with Crippen LogP contribution < -0.4 is 15.8 Å². The molecule has 0 fully saturated rings. The Bertz CT molecular complexity index is 1730. The Labute approximate surface area is 243 Å². The van der Waals surface area contributed by atoms with Crippen molar-refractivity contribution in [3.8, 4) is 16.9 Å². The number of fused-ring (bicyclic) bond motifs is 1. The number of nitrogens with zero attached hydrogens (tertiary/aromatic N) is 1. The van der Waals surface area contributed by atoms with Gasteiger partial charge in [-0.15, -0.1) is 11.3 Å². The quantitative estimate of drug-likeness (QED) is 0.175. The lowest BCUT2D eigenvalue weighted by Crippen LogP contribution is -2.16. The van der Waals surface area contributed by atoms with Gasteiger partial charge in [0, 0.05) is 8.96 Å². The number of benzene rings is 2. The molecule has 40 heavy (non-hydrogen) atoms. The highest BCUT2D eigenvalue weighted by Crippen LogP contribution is 2.43. The molecular formula is C28H19F3IN3O4S. The number of carbonyl (C=O) groups is 2. The molecule has 5 rings (SSSR count). The Morgan fingerprint density at radius 3 is 2.42 bits per heavy atom. The van der Waals surface area contributed by atoms with Crippen molar-refractivity contribution in [3.63, 3.8) is 0 Å². The summed E-state index contributed by atoms with van der Waals surface area (Å²) in [6.07, 6.45) is -4.74. The minimum atomic E-state index is -4.74. The maximum atomic E-state index is 13.7. The van der Waals surface area contributed by atoms with E-state index in [9.17, 15) is 22.8 Å². The number of rotatable bonds is 7. The highest BCUT2D eigenvalue weighted by Gasteiger charge is 2.35. The summed E-state index contributed by atoms with van der Waals surface area (Å²) in [7, 11) is 0. The predicted molar refractivity (Wildman–Crippen MR) is 153 cm³/mol. The second kappa shape index (κ2) is 10.9. The van der Waals surface area contributed by atoms with Crippen LogP contribution in [0.1, 0.15) is 37.2 Å². The fourth-order valence-electron chi connectivity index (χ4n) is 3.94. The number of amides is 2. The van der Waals surface area contributed by atoms with E-state index in [2.05, 4.69) is 32.9 Å². The number of hydrogen-bond donors (Lipinski definition) is 2. The van der Waals surface area contributed by atoms with Gasteiger partial charge < -0.3 is 20.2 Å². The zero-order chi connectivity index (χ0) is 28.6. The summed E-state index contributed by atoms with van der Waals surface area (Å²) in [6.45, 7) is 1.90. The standard InChI is InChI=1S/C28H19F3IN3O4S/c1-14-2-4-15(5-3-14)19-12-21(28(29,30)31)34-27-22(19)23(24(40-27)25(33)36)35-26(37)20-11-10-18(39-20)13-38-17-8-6-16(32)7-9-17/h2-12H,13H2,1H3,(H2,33,36)(H,35,37). The number of furan rings is 1. The number of carbonyl (C=O) groups excluding carboxylic acids is 2. The van der Waals surface area contributed by atoms with E-state index in [1.165, 1.54) is 6.07 Å². The van der Waals surface area contributed by atoms with E-state index in [0.29, 0.717) is 28.4 Å². The monoisotopic (exact) mass is 677 g/mol. The van der Waals surface area contributed by atoms with Crippen molar-refractivity contribution < 1.29 is 31.9 Å². The average Bonchev–Trinajstić information content (AvgIpc) is 3.53. The Balaban J connectivity index is 1.51. The van der Waals surface area contributed by atoms with Crippen LogP contribution in [-0.4, -0.2) is 16.8 Å². The molecule has 0 saturated carbocycles. The third-order valence-corrected chi connectivity index (χ3v) is 7.67. The summed E-state index contributed by atoms with van der Waals surface area (Å²) in [5.41, 5.74) is 5.88. The van der Waals surface area contributed by atoms with Crippen LogP contribution in [0.25, 0.3) is 21.3 Å². The highest BCUT2D eigenvalue weighted by atomic mass is 127. The van der Waals surface area contributed by atoms with Crippen molar-refractivity contribution in [3.05, 3.63) is 98.0 Å². The molecule has 5 aromatic rings. The number of nitrogens with one attached hydrogen (secondary N) is 1. The number of aryl methyl sites for hydroxylation is 1. The summed E-state index contributed by atoms with van der Waals surface area (Å²) in [6, 6.07) is 18.1. The van der Waals surface area contributed by atoms with Gasteiger partial charge in [0.05, 0.1) is 5.69 Å². The van der Waals surface area contributed by atoms with E-state index in [-0.39, 0.29) is 38.7 Å². The van der Waals surface area contributed by atoms with Crippen molar-refractivity contribution in [2.45, 2.75) is 19.7 Å². The number of primary amides is 1. The van der Waals surface area contributed by atoms with Gasteiger partial charge in [0.15, 0.2) is 5.76 Å². The second-order valence-corrected chi connectivity index (χ2v) is 11.0. The molecule has 3 heterocycles. The van der Waals surface area contributed by atoms with Crippen LogP contribution >= 0.6 is 33.9 Å². The molecule has 2 amide bonds. The molecule has 0 bridgehead atoms. The molecule has 204 valence electrons. The maximum absolute atomic E-state index is 13.7. The summed E-state index contributed by atoms with van der Waals surface area (Å²) < 4.78 is 53.5. The van der Waals surface area contributed by atoms with E-state index in [1.807, 2.05) is 19.1 Å². The van der Waals surface area contributed by atoms with Crippen LogP contribution in [0, 0.1) is 10.5 Å². The summed E-state index contributed by atoms with van der Waals surface area (Å²) in [4.78, 5) is 29.0. The van der Waals surface area contributed by atoms with Gasteiger partial charge in [-0.2, -0.15) is 13.2 Å². The summed E-state index contributed by atoms with van der Waals surface area (Å²) >= 11 is 2.85. The minimum Gasteiger partial charge on any atom is -0.486 e. The molecule has 0 aliphatic carbocycles. The van der Waals surface area contributed by atoms with E-state index >= 15 is 0 Å². The average molecular weight is 677 g/mol. The summed E-state index contributed by atoms with van der Waals surface area (Å²) in [5, 5.41) is 2.78. The van der Waals surface area contributed by atoms with Gasteiger partial charge in [0.2, 0.25) is 0 Å². The Kier molecular flexibility index (Phi) is 7.55. The first-order valence-corrected chi connectivity index (χ1v) is 13.6. The first-order valence-electron chi connectivity index (χ1n) is 11.7. The number of thiophene rings is 1. The Hall–Kier alpha value is -3.91. The second-order valence-electron chi connectivity index (χ2n) is 8.73. The lowest BCUT2D eigenvalue weighted by atomic mass is 10.00. The number of anilines is 1. The van der Waals surface area contributed by atoms with Crippen molar-refractivity contribution in [1.29, 1.82) is 0 Å². The minimum absolute atomic E-state index is 0.0395. The number of aromatic nitrogens is 1. The molecule has 3 aromatic heterocycles. The fraction of sp³-hybridized carbons (Fsp3) is 0.107. The van der Waals surface area contributed by atoms with Gasteiger partial charge in [-0.05, 0) is 83.1 Å². The Morgan fingerprint density at radius 1 is 1.07 bits per heavy atom. The normalized spacial score (nSPS) is 11.5. The maximum Gasteiger partial charge on any atom is 0.433 e. The first-order chi connectivity index (χ1) is 19.0. The van der Waals surface area contributed by atoms with Crippen LogP contribution in [0.3, 0.4) is 0 Å². The van der Waals surface area contributed by atoms with E-state index in [4.69, 9.17) is 14.9 Å². The molecule has 0 radical (unpaired) electrons. The van der Waals surface area contributed by atoms with Gasteiger partial charge in [-0.25, -0.2) is 4.98 Å². The molecule has 0 aliphatic rings. The van der Waals surface area contributed by atoms with Crippen LogP contribution in [-0.2, 0) is 12.8 Å². The smallest absolute Gasteiger partial charge is 0.433 e. The third-order valence-electron chi connectivity index (χ3n) is 5.86. The van der Waals surface area contributed by atoms with Crippen molar-refractivity contribution in [2.24, 2.45) is 5.73 Å². The number of halogens is 4. The van der Waals surface area contributed by atoms with Gasteiger partial charge in [-0.3, -0.25) is 9.59 Å². The molecule has 3 N–H and O–H groups in total. The molecule has 7 nitrogen and oxygen atoms in total. The van der Waals surface area contributed by atoms with E-state index in [0.717, 1.165) is 15.2 Å². The largest absolute Gasteiger partial charge is 0.486 e. The van der Waals surface area contributed by atoms with Crippen molar-refractivity contribution >= 4 is 61.6 Å². The fourth-order valence-corrected chi connectivity index (χ4v) is 5.30. The van der Waals surface area contributed by atoms with Crippen LogP contribution in [0.5, 0.6) is 5.75 Å². The highest BCUT2D eigenvalue weighted by molar-refractivity contribution is 14.1. The number of ether oxygens (including phenoxy) is 1.